The molecular weight excluding hydrogens is 268 g/mol. The number of hydrogen-bond donors (Lipinski definition) is 3. The summed E-state index contributed by atoms with van der Waals surface area (Å²) < 4.78 is 5.69. The van der Waals surface area contributed by atoms with E-state index in [0.717, 1.165) is 25.9 Å². The third-order valence-corrected chi connectivity index (χ3v) is 3.28. The molecule has 0 aliphatic carbocycles. The molecule has 0 saturated carbocycles. The van der Waals surface area contributed by atoms with Crippen LogP contribution in [0.15, 0.2) is 24.3 Å². The van der Waals surface area contributed by atoms with Gasteiger partial charge in [0.1, 0.15) is 0 Å². The van der Waals surface area contributed by atoms with E-state index in [9.17, 15) is 4.79 Å². The fourth-order valence-electron chi connectivity index (χ4n) is 2.19. The average Bonchev–Trinajstić information content (AvgIpc) is 2.53. The number of amides is 2. The molecule has 21 heavy (non-hydrogen) atoms. The lowest BCUT2D eigenvalue weighted by Crippen LogP contribution is -2.35. The molecule has 0 bridgehead atoms. The highest BCUT2D eigenvalue weighted by atomic mass is 16.5. The SMILES string of the molecule is N#Cc1cccc(NC(=O)NCCOC2CCNCC2)c1. The number of hydrogen-bond acceptors (Lipinski definition) is 4. The molecular formula is C15H20N4O2. The van der Waals surface area contributed by atoms with Gasteiger partial charge < -0.3 is 20.7 Å². The largest absolute Gasteiger partial charge is 0.376 e. The molecule has 1 saturated heterocycles. The normalized spacial score (nSPS) is 15.2. The maximum atomic E-state index is 11.7. The maximum absolute atomic E-state index is 11.7. The van der Waals surface area contributed by atoms with Gasteiger partial charge in [0.25, 0.3) is 0 Å². The van der Waals surface area contributed by atoms with Crippen LogP contribution < -0.4 is 16.0 Å². The van der Waals surface area contributed by atoms with Crippen LogP contribution in [0.4, 0.5) is 10.5 Å². The number of carbonyl (C=O) groups is 1. The summed E-state index contributed by atoms with van der Waals surface area (Å²) in [5.74, 6) is 0. The van der Waals surface area contributed by atoms with Gasteiger partial charge >= 0.3 is 6.03 Å². The lowest BCUT2D eigenvalue weighted by molar-refractivity contribution is 0.0358. The van der Waals surface area contributed by atoms with Gasteiger partial charge in [-0.15, -0.1) is 0 Å². The molecule has 1 aromatic rings. The monoisotopic (exact) mass is 288 g/mol. The quantitative estimate of drug-likeness (QED) is 0.716. The Kier molecular flexibility index (Phi) is 6.00. The van der Waals surface area contributed by atoms with Crippen molar-refractivity contribution in [3.8, 4) is 6.07 Å². The summed E-state index contributed by atoms with van der Waals surface area (Å²) in [4.78, 5) is 11.7. The summed E-state index contributed by atoms with van der Waals surface area (Å²) >= 11 is 0. The van der Waals surface area contributed by atoms with Crippen LogP contribution in [-0.2, 0) is 4.74 Å². The fraction of sp³-hybridized carbons (Fsp3) is 0.467. The number of nitriles is 1. The smallest absolute Gasteiger partial charge is 0.319 e. The molecule has 1 aromatic carbocycles. The molecule has 3 N–H and O–H groups in total. The first-order valence-electron chi connectivity index (χ1n) is 7.15. The number of carbonyl (C=O) groups excluding carboxylic acids is 1. The van der Waals surface area contributed by atoms with E-state index >= 15 is 0 Å². The Hall–Kier alpha value is -2.10. The van der Waals surface area contributed by atoms with Gasteiger partial charge in [0.15, 0.2) is 0 Å². The van der Waals surface area contributed by atoms with E-state index in [2.05, 4.69) is 16.0 Å². The zero-order valence-electron chi connectivity index (χ0n) is 11.9. The fourth-order valence-corrected chi connectivity index (χ4v) is 2.19. The molecule has 6 nitrogen and oxygen atoms in total. The third kappa shape index (κ3) is 5.42. The number of ether oxygens (including phenoxy) is 1. The summed E-state index contributed by atoms with van der Waals surface area (Å²) in [5.41, 5.74) is 1.12. The minimum atomic E-state index is -0.293. The summed E-state index contributed by atoms with van der Waals surface area (Å²) in [7, 11) is 0. The molecule has 0 unspecified atom stereocenters. The molecule has 0 spiro atoms. The number of piperidine rings is 1. The Morgan fingerprint density at radius 2 is 2.24 bits per heavy atom. The topological polar surface area (TPSA) is 86.2 Å². The first-order valence-corrected chi connectivity index (χ1v) is 7.15. The van der Waals surface area contributed by atoms with Crippen molar-refractivity contribution in [1.29, 1.82) is 5.26 Å². The Morgan fingerprint density at radius 1 is 1.43 bits per heavy atom. The minimum Gasteiger partial charge on any atom is -0.376 e. The zero-order chi connectivity index (χ0) is 14.9. The number of nitrogens with one attached hydrogen (secondary N) is 3. The Bertz CT molecular complexity index is 507. The van der Waals surface area contributed by atoms with Gasteiger partial charge in [-0.2, -0.15) is 5.26 Å². The van der Waals surface area contributed by atoms with E-state index < -0.39 is 0 Å². The highest BCUT2D eigenvalue weighted by Gasteiger charge is 2.12. The lowest BCUT2D eigenvalue weighted by Gasteiger charge is -2.22. The van der Waals surface area contributed by atoms with Crippen molar-refractivity contribution < 1.29 is 9.53 Å². The van der Waals surface area contributed by atoms with E-state index in [1.807, 2.05) is 6.07 Å². The van der Waals surface area contributed by atoms with Crippen LogP contribution in [0.1, 0.15) is 18.4 Å². The lowest BCUT2D eigenvalue weighted by atomic mass is 10.1. The molecule has 0 atom stereocenters. The van der Waals surface area contributed by atoms with Crippen LogP contribution in [0.3, 0.4) is 0 Å². The summed E-state index contributed by atoms with van der Waals surface area (Å²) in [5, 5.41) is 17.5. The predicted molar refractivity (Wildman–Crippen MR) is 80.0 cm³/mol. The molecule has 1 fully saturated rings. The third-order valence-electron chi connectivity index (χ3n) is 3.28. The van der Waals surface area contributed by atoms with Crippen LogP contribution in [0.25, 0.3) is 0 Å². The van der Waals surface area contributed by atoms with Crippen LogP contribution in [0.5, 0.6) is 0 Å². The van der Waals surface area contributed by atoms with Crippen molar-refractivity contribution in [2.75, 3.05) is 31.6 Å². The Balaban J connectivity index is 1.64. The highest BCUT2D eigenvalue weighted by molar-refractivity contribution is 5.89. The summed E-state index contributed by atoms with van der Waals surface area (Å²) in [6, 6.07) is 8.53. The molecule has 6 heteroatoms. The van der Waals surface area contributed by atoms with Gasteiger partial charge in [-0.05, 0) is 44.1 Å². The summed E-state index contributed by atoms with van der Waals surface area (Å²) in [6.45, 7) is 2.96. The van der Waals surface area contributed by atoms with Gasteiger partial charge in [-0.25, -0.2) is 4.79 Å². The second-order valence-electron chi connectivity index (χ2n) is 4.89. The number of nitrogens with zero attached hydrogens (tertiary/aromatic N) is 1. The van der Waals surface area contributed by atoms with Gasteiger partial charge in [0.2, 0.25) is 0 Å². The Labute approximate surface area is 124 Å². The second-order valence-corrected chi connectivity index (χ2v) is 4.89. The van der Waals surface area contributed by atoms with Crippen molar-refractivity contribution in [3.63, 3.8) is 0 Å². The van der Waals surface area contributed by atoms with Crippen molar-refractivity contribution in [2.24, 2.45) is 0 Å². The Morgan fingerprint density at radius 3 is 3.00 bits per heavy atom. The average molecular weight is 288 g/mol. The summed E-state index contributed by atoms with van der Waals surface area (Å²) in [6.07, 6.45) is 2.34. The van der Waals surface area contributed by atoms with Crippen molar-refractivity contribution in [3.05, 3.63) is 29.8 Å². The maximum Gasteiger partial charge on any atom is 0.319 e. The van der Waals surface area contributed by atoms with Crippen LogP contribution in [0.2, 0.25) is 0 Å². The van der Waals surface area contributed by atoms with Gasteiger partial charge in [0, 0.05) is 12.2 Å². The molecule has 112 valence electrons. The molecule has 1 aliphatic rings. The van der Waals surface area contributed by atoms with Gasteiger partial charge in [-0.3, -0.25) is 0 Å². The van der Waals surface area contributed by atoms with E-state index in [0.29, 0.717) is 30.5 Å². The molecule has 0 radical (unpaired) electrons. The molecule has 2 rings (SSSR count). The molecule has 1 heterocycles. The van der Waals surface area contributed by atoms with Crippen LogP contribution >= 0.6 is 0 Å². The van der Waals surface area contributed by atoms with Crippen molar-refractivity contribution in [2.45, 2.75) is 18.9 Å². The second kappa shape index (κ2) is 8.25. The zero-order valence-corrected chi connectivity index (χ0v) is 11.9. The van der Waals surface area contributed by atoms with Gasteiger partial charge in [0.05, 0.1) is 24.3 Å². The van der Waals surface area contributed by atoms with E-state index in [1.165, 1.54) is 0 Å². The van der Waals surface area contributed by atoms with E-state index in [1.54, 1.807) is 24.3 Å². The van der Waals surface area contributed by atoms with Crippen molar-refractivity contribution >= 4 is 11.7 Å². The van der Waals surface area contributed by atoms with Crippen molar-refractivity contribution in [1.82, 2.24) is 10.6 Å². The number of anilines is 1. The van der Waals surface area contributed by atoms with Gasteiger partial charge in [-0.1, -0.05) is 6.07 Å². The van der Waals surface area contributed by atoms with E-state index in [-0.39, 0.29) is 6.03 Å². The molecule has 0 aromatic heterocycles. The highest BCUT2D eigenvalue weighted by Crippen LogP contribution is 2.09. The van der Waals surface area contributed by atoms with Crippen LogP contribution in [-0.4, -0.2) is 38.4 Å². The predicted octanol–water partition coefficient (Wildman–Crippen LogP) is 1.45. The molecule has 2 amide bonds. The molecule has 1 aliphatic heterocycles. The van der Waals surface area contributed by atoms with E-state index in [4.69, 9.17) is 10.00 Å². The number of urea groups is 1. The van der Waals surface area contributed by atoms with Crippen LogP contribution in [0, 0.1) is 11.3 Å². The first kappa shape index (κ1) is 15.3. The minimum absolute atomic E-state index is 0.293. The number of benzene rings is 1. The standard InChI is InChI=1S/C15H20N4O2/c16-11-12-2-1-3-13(10-12)19-15(20)18-8-9-21-14-4-6-17-7-5-14/h1-3,10,14,17H,4-9H2,(H2,18,19,20). The first-order chi connectivity index (χ1) is 10.3. The number of rotatable bonds is 5.